The van der Waals surface area contributed by atoms with Crippen LogP contribution in [-0.2, 0) is 0 Å². The zero-order valence-corrected chi connectivity index (χ0v) is 14.0. The minimum absolute atomic E-state index is 0.197. The van der Waals surface area contributed by atoms with Gasteiger partial charge in [0.15, 0.2) is 5.82 Å². The van der Waals surface area contributed by atoms with Crippen molar-refractivity contribution in [1.29, 1.82) is 0 Å². The molecule has 0 unspecified atom stereocenters. The molecule has 110 valence electrons. The van der Waals surface area contributed by atoms with Crippen molar-refractivity contribution in [3.8, 4) is 0 Å². The van der Waals surface area contributed by atoms with Gasteiger partial charge in [-0.15, -0.1) is 0 Å². The van der Waals surface area contributed by atoms with Gasteiger partial charge in [0.05, 0.1) is 10.2 Å². The third-order valence-electron chi connectivity index (χ3n) is 4.42. The van der Waals surface area contributed by atoms with Gasteiger partial charge in [-0.2, -0.15) is 0 Å². The lowest BCUT2D eigenvalue weighted by molar-refractivity contribution is 0.306. The number of benzene rings is 1. The maximum atomic E-state index is 14.3. The smallest absolute Gasteiger partial charge is 0.161 e. The number of anilines is 1. The average Bonchev–Trinajstić information content (AvgIpc) is 2.89. The molecule has 5 heteroatoms. The van der Waals surface area contributed by atoms with Gasteiger partial charge in [-0.25, -0.2) is 4.39 Å². The SMILES string of the molecule is CCC1(CNc2ccc(C(N)=S)c(Br)c2F)CCCC1. The Balaban J connectivity index is 2.14. The van der Waals surface area contributed by atoms with Crippen molar-refractivity contribution < 1.29 is 4.39 Å². The van der Waals surface area contributed by atoms with Gasteiger partial charge in [-0.1, -0.05) is 32.0 Å². The van der Waals surface area contributed by atoms with Crippen molar-refractivity contribution in [2.45, 2.75) is 39.0 Å². The van der Waals surface area contributed by atoms with Crippen LogP contribution in [0, 0.1) is 11.2 Å². The lowest BCUT2D eigenvalue weighted by Gasteiger charge is -2.28. The minimum Gasteiger partial charge on any atom is -0.389 e. The summed E-state index contributed by atoms with van der Waals surface area (Å²) in [4.78, 5) is 0.197. The molecule has 0 saturated heterocycles. The van der Waals surface area contributed by atoms with Gasteiger partial charge in [0.2, 0.25) is 0 Å². The third-order valence-corrected chi connectivity index (χ3v) is 5.41. The zero-order chi connectivity index (χ0) is 14.8. The highest BCUT2D eigenvalue weighted by Gasteiger charge is 2.31. The maximum absolute atomic E-state index is 14.3. The molecule has 1 saturated carbocycles. The molecule has 0 amide bonds. The van der Waals surface area contributed by atoms with Gasteiger partial charge in [0.25, 0.3) is 0 Å². The standard InChI is InChI=1S/C15H20BrFN2S/c1-2-15(7-3-4-8-15)9-19-11-6-5-10(14(18)20)12(16)13(11)17/h5-6,19H,2-4,7-9H2,1H3,(H2,18,20). The van der Waals surface area contributed by atoms with Crippen LogP contribution in [0.5, 0.6) is 0 Å². The number of halogens is 2. The van der Waals surface area contributed by atoms with E-state index in [1.165, 1.54) is 25.7 Å². The van der Waals surface area contributed by atoms with E-state index in [2.05, 4.69) is 28.2 Å². The summed E-state index contributed by atoms with van der Waals surface area (Å²) in [5, 5.41) is 3.26. The summed E-state index contributed by atoms with van der Waals surface area (Å²) in [6.07, 6.45) is 6.15. The second-order valence-corrected chi connectivity index (χ2v) is 6.80. The first-order valence-electron chi connectivity index (χ1n) is 7.01. The molecule has 1 aliphatic rings. The van der Waals surface area contributed by atoms with Crippen LogP contribution in [-0.4, -0.2) is 11.5 Å². The van der Waals surface area contributed by atoms with Gasteiger partial charge < -0.3 is 11.1 Å². The molecular weight excluding hydrogens is 339 g/mol. The molecular formula is C15H20BrFN2S. The second-order valence-electron chi connectivity index (χ2n) is 5.57. The molecule has 3 N–H and O–H groups in total. The van der Waals surface area contributed by atoms with E-state index in [1.807, 2.05) is 0 Å². The van der Waals surface area contributed by atoms with E-state index in [1.54, 1.807) is 12.1 Å². The van der Waals surface area contributed by atoms with Crippen molar-refractivity contribution in [2.75, 3.05) is 11.9 Å². The Kier molecular flexibility index (Phi) is 5.02. The van der Waals surface area contributed by atoms with Crippen molar-refractivity contribution in [1.82, 2.24) is 0 Å². The Morgan fingerprint density at radius 1 is 1.45 bits per heavy atom. The molecule has 1 fully saturated rings. The lowest BCUT2D eigenvalue weighted by atomic mass is 9.83. The summed E-state index contributed by atoms with van der Waals surface area (Å²) in [5.74, 6) is -0.320. The number of rotatable bonds is 5. The molecule has 0 bridgehead atoms. The van der Waals surface area contributed by atoms with E-state index in [0.717, 1.165) is 13.0 Å². The van der Waals surface area contributed by atoms with Gasteiger partial charge in [0.1, 0.15) is 4.99 Å². The number of hydrogen-bond acceptors (Lipinski definition) is 2. The monoisotopic (exact) mass is 358 g/mol. The lowest BCUT2D eigenvalue weighted by Crippen LogP contribution is -2.26. The molecule has 20 heavy (non-hydrogen) atoms. The fraction of sp³-hybridized carbons (Fsp3) is 0.533. The Morgan fingerprint density at radius 3 is 2.65 bits per heavy atom. The van der Waals surface area contributed by atoms with Crippen molar-refractivity contribution in [2.24, 2.45) is 11.1 Å². The van der Waals surface area contributed by atoms with E-state index in [4.69, 9.17) is 18.0 Å². The Bertz CT molecular complexity index is 513. The normalized spacial score (nSPS) is 17.1. The van der Waals surface area contributed by atoms with Gasteiger partial charge >= 0.3 is 0 Å². The second kappa shape index (κ2) is 6.39. The van der Waals surface area contributed by atoms with Crippen LogP contribution in [0.15, 0.2) is 16.6 Å². The molecule has 2 rings (SSSR count). The molecule has 0 radical (unpaired) electrons. The topological polar surface area (TPSA) is 38.0 Å². The summed E-state index contributed by atoms with van der Waals surface area (Å²) in [7, 11) is 0. The van der Waals surface area contributed by atoms with Gasteiger partial charge in [-0.05, 0) is 52.7 Å². The molecule has 0 spiro atoms. The van der Waals surface area contributed by atoms with E-state index in [-0.39, 0.29) is 10.8 Å². The highest BCUT2D eigenvalue weighted by atomic mass is 79.9. The van der Waals surface area contributed by atoms with Gasteiger partial charge in [-0.3, -0.25) is 0 Å². The minimum atomic E-state index is -0.320. The Morgan fingerprint density at radius 2 is 2.10 bits per heavy atom. The van der Waals surface area contributed by atoms with Crippen LogP contribution in [0.2, 0.25) is 0 Å². The van der Waals surface area contributed by atoms with Crippen molar-refractivity contribution in [3.05, 3.63) is 28.0 Å². The first kappa shape index (κ1) is 15.7. The van der Waals surface area contributed by atoms with E-state index in [0.29, 0.717) is 21.1 Å². The quantitative estimate of drug-likeness (QED) is 0.755. The van der Waals surface area contributed by atoms with Crippen molar-refractivity contribution in [3.63, 3.8) is 0 Å². The number of nitrogens with one attached hydrogen (secondary N) is 1. The fourth-order valence-corrected chi connectivity index (χ4v) is 3.80. The highest BCUT2D eigenvalue weighted by Crippen LogP contribution is 2.41. The van der Waals surface area contributed by atoms with Gasteiger partial charge in [0, 0.05) is 12.1 Å². The largest absolute Gasteiger partial charge is 0.389 e. The Hall–Kier alpha value is -0.680. The van der Waals surface area contributed by atoms with Crippen molar-refractivity contribution >= 4 is 38.8 Å². The molecule has 0 aliphatic heterocycles. The van der Waals surface area contributed by atoms with Crippen LogP contribution in [0.1, 0.15) is 44.6 Å². The molecule has 1 aliphatic carbocycles. The van der Waals surface area contributed by atoms with Crippen LogP contribution in [0.25, 0.3) is 0 Å². The summed E-state index contributed by atoms with van der Waals surface area (Å²) in [6, 6.07) is 3.47. The molecule has 0 atom stereocenters. The van der Waals surface area contributed by atoms with Crippen LogP contribution in [0.4, 0.5) is 10.1 Å². The maximum Gasteiger partial charge on any atom is 0.161 e. The first-order chi connectivity index (χ1) is 9.49. The first-order valence-corrected chi connectivity index (χ1v) is 8.21. The van der Waals surface area contributed by atoms with Crippen LogP contribution in [0.3, 0.4) is 0 Å². The summed E-state index contributed by atoms with van der Waals surface area (Å²) in [6.45, 7) is 3.04. The third kappa shape index (κ3) is 3.14. The summed E-state index contributed by atoms with van der Waals surface area (Å²) >= 11 is 8.13. The predicted molar refractivity (Wildman–Crippen MR) is 89.7 cm³/mol. The molecule has 1 aromatic carbocycles. The number of hydrogen-bond donors (Lipinski definition) is 2. The molecule has 0 heterocycles. The number of nitrogens with two attached hydrogens (primary N) is 1. The van der Waals surface area contributed by atoms with E-state index < -0.39 is 0 Å². The average molecular weight is 359 g/mol. The fourth-order valence-electron chi connectivity index (χ4n) is 2.94. The van der Waals surface area contributed by atoms with E-state index in [9.17, 15) is 4.39 Å². The number of thiocarbonyl (C=S) groups is 1. The Labute approximate surface area is 133 Å². The highest BCUT2D eigenvalue weighted by molar-refractivity contribution is 9.10. The molecule has 1 aromatic rings. The summed E-state index contributed by atoms with van der Waals surface area (Å²) in [5.41, 5.74) is 6.93. The predicted octanol–water partition coefficient (Wildman–Crippen LogP) is 4.60. The zero-order valence-electron chi connectivity index (χ0n) is 11.6. The summed E-state index contributed by atoms with van der Waals surface area (Å²) < 4.78 is 14.6. The molecule has 2 nitrogen and oxygen atoms in total. The molecule has 0 aromatic heterocycles. The van der Waals surface area contributed by atoms with Crippen LogP contribution < -0.4 is 11.1 Å². The van der Waals surface area contributed by atoms with Crippen LogP contribution >= 0.6 is 28.1 Å². The van der Waals surface area contributed by atoms with E-state index >= 15 is 0 Å².